The zero-order valence-corrected chi connectivity index (χ0v) is 14.2. The predicted octanol–water partition coefficient (Wildman–Crippen LogP) is 3.22. The van der Waals surface area contributed by atoms with Crippen LogP contribution in [0.2, 0.25) is 0 Å². The number of aliphatic imine (C=N–C) groups is 1. The maximum Gasteiger partial charge on any atom is 0.391 e. The molecule has 7 heteroatoms. The van der Waals surface area contributed by atoms with E-state index in [9.17, 15) is 13.2 Å². The van der Waals surface area contributed by atoms with E-state index in [1.54, 1.807) is 7.05 Å². The molecule has 2 atom stereocenters. The molecule has 1 aromatic rings. The molecule has 4 nitrogen and oxygen atoms in total. The van der Waals surface area contributed by atoms with Gasteiger partial charge in [-0.2, -0.15) is 13.2 Å². The van der Waals surface area contributed by atoms with Gasteiger partial charge in [-0.3, -0.25) is 9.98 Å². The van der Waals surface area contributed by atoms with Crippen molar-refractivity contribution < 1.29 is 13.2 Å². The van der Waals surface area contributed by atoms with Gasteiger partial charge in [0.15, 0.2) is 5.96 Å². The van der Waals surface area contributed by atoms with E-state index in [4.69, 9.17) is 0 Å². The third-order valence-electron chi connectivity index (χ3n) is 4.38. The standard InChI is InChI=1S/C17H25F3N4/c1-12-6-7-13(11-23-12)8-9-22-16(21-2)24-15-5-3-4-14(10-15)17(18,19)20/h6-7,11,14-15H,3-5,8-10H2,1-2H3,(H2,21,22,24). The fraction of sp³-hybridized carbons (Fsp3) is 0.647. The van der Waals surface area contributed by atoms with E-state index in [0.717, 1.165) is 24.1 Å². The van der Waals surface area contributed by atoms with Crippen LogP contribution >= 0.6 is 0 Å². The Morgan fingerprint density at radius 2 is 2.12 bits per heavy atom. The summed E-state index contributed by atoms with van der Waals surface area (Å²) >= 11 is 0. The van der Waals surface area contributed by atoms with Gasteiger partial charge < -0.3 is 10.6 Å². The van der Waals surface area contributed by atoms with Gasteiger partial charge in [-0.25, -0.2) is 0 Å². The van der Waals surface area contributed by atoms with Gasteiger partial charge in [0.05, 0.1) is 5.92 Å². The number of aromatic nitrogens is 1. The van der Waals surface area contributed by atoms with E-state index >= 15 is 0 Å². The molecule has 0 spiro atoms. The highest BCUT2D eigenvalue weighted by Crippen LogP contribution is 2.37. The summed E-state index contributed by atoms with van der Waals surface area (Å²) in [5.41, 5.74) is 2.08. The van der Waals surface area contributed by atoms with Crippen molar-refractivity contribution in [3.8, 4) is 0 Å². The number of alkyl halides is 3. The lowest BCUT2D eigenvalue weighted by Gasteiger charge is -2.31. The number of halogens is 3. The first-order valence-electron chi connectivity index (χ1n) is 8.34. The Morgan fingerprint density at radius 1 is 1.33 bits per heavy atom. The molecule has 134 valence electrons. The Bertz CT molecular complexity index is 540. The van der Waals surface area contributed by atoms with Crippen molar-refractivity contribution in [1.82, 2.24) is 15.6 Å². The van der Waals surface area contributed by atoms with Crippen molar-refractivity contribution in [2.24, 2.45) is 10.9 Å². The fourth-order valence-electron chi connectivity index (χ4n) is 2.98. The molecule has 24 heavy (non-hydrogen) atoms. The van der Waals surface area contributed by atoms with Gasteiger partial charge in [-0.05, 0) is 44.2 Å². The van der Waals surface area contributed by atoms with Crippen LogP contribution in [0.25, 0.3) is 0 Å². The quantitative estimate of drug-likeness (QED) is 0.652. The maximum atomic E-state index is 12.9. The molecule has 1 aliphatic carbocycles. The van der Waals surface area contributed by atoms with Crippen molar-refractivity contribution in [3.05, 3.63) is 29.6 Å². The molecule has 1 aromatic heterocycles. The van der Waals surface area contributed by atoms with Gasteiger partial charge in [-0.15, -0.1) is 0 Å². The zero-order valence-electron chi connectivity index (χ0n) is 14.2. The van der Waals surface area contributed by atoms with E-state index in [1.165, 1.54) is 0 Å². The monoisotopic (exact) mass is 342 g/mol. The smallest absolute Gasteiger partial charge is 0.356 e. The summed E-state index contributed by atoms with van der Waals surface area (Å²) in [6, 6.07) is 3.80. The molecule has 0 aromatic carbocycles. The Hall–Kier alpha value is -1.79. The van der Waals surface area contributed by atoms with Crippen LogP contribution in [0.1, 0.15) is 36.9 Å². The molecule has 0 aliphatic heterocycles. The molecule has 0 bridgehead atoms. The highest BCUT2D eigenvalue weighted by atomic mass is 19.4. The molecule has 1 saturated carbocycles. The number of rotatable bonds is 4. The highest BCUT2D eigenvalue weighted by Gasteiger charge is 2.42. The summed E-state index contributed by atoms with van der Waals surface area (Å²) in [6.07, 6.45) is 0.199. The number of hydrogen-bond donors (Lipinski definition) is 2. The summed E-state index contributed by atoms with van der Waals surface area (Å²) in [6.45, 7) is 2.59. The Balaban J connectivity index is 1.78. The van der Waals surface area contributed by atoms with Crippen molar-refractivity contribution in [3.63, 3.8) is 0 Å². The molecule has 2 N–H and O–H groups in total. The molecule has 1 heterocycles. The number of nitrogens with one attached hydrogen (secondary N) is 2. The van der Waals surface area contributed by atoms with Crippen LogP contribution in [0.4, 0.5) is 13.2 Å². The second-order valence-electron chi connectivity index (χ2n) is 6.30. The summed E-state index contributed by atoms with van der Waals surface area (Å²) in [4.78, 5) is 8.35. The SMILES string of the molecule is CN=C(NCCc1ccc(C)nc1)NC1CCCC(C(F)(F)F)C1. The fourth-order valence-corrected chi connectivity index (χ4v) is 2.98. The molecule has 2 rings (SSSR count). The average molecular weight is 342 g/mol. The lowest BCUT2D eigenvalue weighted by Crippen LogP contribution is -2.47. The average Bonchev–Trinajstić information content (AvgIpc) is 2.55. The first kappa shape index (κ1) is 18.5. The van der Waals surface area contributed by atoms with Crippen LogP contribution in [0, 0.1) is 12.8 Å². The van der Waals surface area contributed by atoms with Crippen molar-refractivity contribution in [1.29, 1.82) is 0 Å². The van der Waals surface area contributed by atoms with E-state index in [1.807, 2.05) is 25.3 Å². The van der Waals surface area contributed by atoms with Crippen LogP contribution in [-0.4, -0.2) is 36.8 Å². The van der Waals surface area contributed by atoms with E-state index in [-0.39, 0.29) is 18.9 Å². The Labute approximate surface area is 141 Å². The third kappa shape index (κ3) is 5.69. The van der Waals surface area contributed by atoms with Crippen molar-refractivity contribution >= 4 is 5.96 Å². The Morgan fingerprint density at radius 3 is 2.75 bits per heavy atom. The zero-order chi connectivity index (χ0) is 17.6. The first-order valence-corrected chi connectivity index (χ1v) is 8.34. The topological polar surface area (TPSA) is 49.3 Å². The van der Waals surface area contributed by atoms with Crippen LogP contribution in [0.5, 0.6) is 0 Å². The van der Waals surface area contributed by atoms with Gasteiger partial charge in [0.25, 0.3) is 0 Å². The second-order valence-corrected chi connectivity index (χ2v) is 6.30. The molecule has 1 aliphatic rings. The summed E-state index contributed by atoms with van der Waals surface area (Å²) in [7, 11) is 1.63. The van der Waals surface area contributed by atoms with Gasteiger partial charge in [0.2, 0.25) is 0 Å². The molecular formula is C17H25F3N4. The van der Waals surface area contributed by atoms with Gasteiger partial charge in [-0.1, -0.05) is 12.5 Å². The van der Waals surface area contributed by atoms with Crippen molar-refractivity contribution in [2.45, 2.75) is 51.2 Å². The number of hydrogen-bond acceptors (Lipinski definition) is 2. The van der Waals surface area contributed by atoms with Crippen LogP contribution in [-0.2, 0) is 6.42 Å². The normalized spacial score (nSPS) is 22.3. The molecule has 0 amide bonds. The molecule has 1 fully saturated rings. The summed E-state index contributed by atoms with van der Waals surface area (Å²) in [5.74, 6) is -0.650. The second kappa shape index (κ2) is 8.35. The lowest BCUT2D eigenvalue weighted by molar-refractivity contribution is -0.183. The number of pyridine rings is 1. The minimum Gasteiger partial charge on any atom is -0.356 e. The predicted molar refractivity (Wildman–Crippen MR) is 89.0 cm³/mol. The van der Waals surface area contributed by atoms with Crippen LogP contribution in [0.3, 0.4) is 0 Å². The Kier molecular flexibility index (Phi) is 6.45. The number of nitrogens with zero attached hydrogens (tertiary/aromatic N) is 2. The van der Waals surface area contributed by atoms with Gasteiger partial charge in [0, 0.05) is 31.5 Å². The minimum absolute atomic E-state index is 0.117. The lowest BCUT2D eigenvalue weighted by atomic mass is 9.85. The summed E-state index contributed by atoms with van der Waals surface area (Å²) < 4.78 is 38.6. The van der Waals surface area contributed by atoms with E-state index in [0.29, 0.717) is 18.9 Å². The number of guanidine groups is 1. The molecular weight excluding hydrogens is 317 g/mol. The summed E-state index contributed by atoms with van der Waals surface area (Å²) in [5, 5.41) is 6.29. The molecule has 0 saturated heterocycles. The first-order chi connectivity index (χ1) is 11.4. The van der Waals surface area contributed by atoms with E-state index in [2.05, 4.69) is 20.6 Å². The van der Waals surface area contributed by atoms with E-state index < -0.39 is 12.1 Å². The minimum atomic E-state index is -4.10. The third-order valence-corrected chi connectivity index (χ3v) is 4.38. The van der Waals surface area contributed by atoms with Crippen LogP contribution in [0.15, 0.2) is 23.3 Å². The van der Waals surface area contributed by atoms with Gasteiger partial charge in [0.1, 0.15) is 0 Å². The van der Waals surface area contributed by atoms with Gasteiger partial charge >= 0.3 is 6.18 Å². The van der Waals surface area contributed by atoms with Crippen LogP contribution < -0.4 is 10.6 Å². The number of aryl methyl sites for hydroxylation is 1. The van der Waals surface area contributed by atoms with Crippen molar-refractivity contribution in [2.75, 3.05) is 13.6 Å². The largest absolute Gasteiger partial charge is 0.391 e. The highest BCUT2D eigenvalue weighted by molar-refractivity contribution is 5.79. The maximum absolute atomic E-state index is 12.9. The molecule has 0 radical (unpaired) electrons. The molecule has 2 unspecified atom stereocenters.